The molecule has 0 saturated carbocycles. The van der Waals surface area contributed by atoms with Crippen molar-refractivity contribution in [2.75, 3.05) is 19.0 Å². The van der Waals surface area contributed by atoms with Gasteiger partial charge in [-0.15, -0.1) is 0 Å². The van der Waals surface area contributed by atoms with Gasteiger partial charge in [-0.05, 0) is 53.8 Å². The average Bonchev–Trinajstić information content (AvgIpc) is 3.43. The smallest absolute Gasteiger partial charge is 0.497 e. The van der Waals surface area contributed by atoms with Crippen molar-refractivity contribution in [1.29, 1.82) is 0 Å². The minimum Gasteiger partial charge on any atom is -0.497 e. The van der Waals surface area contributed by atoms with Crippen LogP contribution >= 0.6 is 7.82 Å². The second kappa shape index (κ2) is 14.3. The fraction of sp³-hybridized carbons (Fsp3) is 0.300. The number of halogens is 1. The number of methoxy groups -OCH3 is 1. The Kier molecular flexibility index (Phi) is 9.80. The molecule has 4 aromatic carbocycles. The lowest BCUT2D eigenvalue weighted by Gasteiger charge is -2.37. The topological polar surface area (TPSA) is 110 Å². The Labute approximate surface area is 302 Å². The first kappa shape index (κ1) is 35.6. The molecule has 1 aromatic heterocycles. The number of rotatable bonds is 11. The zero-order valence-electron chi connectivity index (χ0n) is 29.4. The molecule has 0 spiro atoms. The number of phosphoric ester groups is 1. The number of aryl methyl sites for hydroxylation is 1. The molecular weight excluding hydrogens is 684 g/mol. The Hall–Kier alpha value is -4.80. The van der Waals surface area contributed by atoms with Crippen LogP contribution in [0.25, 0.3) is 0 Å². The van der Waals surface area contributed by atoms with Gasteiger partial charge in [-0.2, -0.15) is 4.98 Å². The number of para-hydroxylation sites is 1. The highest BCUT2D eigenvalue weighted by Gasteiger charge is 2.55. The quantitative estimate of drug-likeness (QED) is 0.106. The van der Waals surface area contributed by atoms with Gasteiger partial charge in [-0.1, -0.05) is 105 Å². The lowest BCUT2D eigenvalue weighted by molar-refractivity contribution is -0.114. The van der Waals surface area contributed by atoms with E-state index in [-0.39, 0.29) is 19.0 Å². The maximum Gasteiger partial charge on any atom is 0.530 e. The number of aromatic nitrogens is 2. The molecule has 7 rings (SSSR count). The third-order valence-electron chi connectivity index (χ3n) is 10.2. The van der Waals surface area contributed by atoms with Crippen molar-refractivity contribution in [3.05, 3.63) is 154 Å². The van der Waals surface area contributed by atoms with Crippen LogP contribution in [0.4, 0.5) is 10.2 Å². The first-order chi connectivity index (χ1) is 25.1. The number of benzene rings is 4. The fourth-order valence-electron chi connectivity index (χ4n) is 7.13. The molecule has 0 bridgehead atoms. The van der Waals surface area contributed by atoms with Crippen LogP contribution in [0.5, 0.6) is 11.5 Å². The summed E-state index contributed by atoms with van der Waals surface area (Å²) in [7, 11) is -2.42. The van der Waals surface area contributed by atoms with E-state index in [0.717, 1.165) is 32.4 Å². The SMILES string of the molecule is CC[C@]1(COP2(=O)OCc3cccc(C)c3O2)O[C@@H](n2ccc(NC(c3ccccc3)(c3ccccc3)c3ccc(OC)cc3)nc2=O)[C@H](F)[C@@H]1C. The summed E-state index contributed by atoms with van der Waals surface area (Å²) in [4.78, 5) is 18.2. The van der Waals surface area contributed by atoms with E-state index in [4.69, 9.17) is 23.0 Å². The number of anilines is 1. The van der Waals surface area contributed by atoms with Crippen molar-refractivity contribution in [3.8, 4) is 11.5 Å². The maximum atomic E-state index is 16.2. The summed E-state index contributed by atoms with van der Waals surface area (Å²) < 4.78 is 59.8. The van der Waals surface area contributed by atoms with E-state index in [1.54, 1.807) is 20.1 Å². The molecule has 0 amide bonds. The van der Waals surface area contributed by atoms with Crippen LogP contribution in [-0.4, -0.2) is 35.0 Å². The van der Waals surface area contributed by atoms with E-state index in [1.807, 2.05) is 117 Å². The first-order valence-electron chi connectivity index (χ1n) is 17.2. The molecule has 10 nitrogen and oxygen atoms in total. The summed E-state index contributed by atoms with van der Waals surface area (Å²) in [5.74, 6) is 0.686. The van der Waals surface area contributed by atoms with Gasteiger partial charge in [-0.25, -0.2) is 13.8 Å². The molecule has 0 aliphatic carbocycles. The second-order valence-corrected chi connectivity index (χ2v) is 14.7. The lowest BCUT2D eigenvalue weighted by atomic mass is 9.77. The van der Waals surface area contributed by atoms with Crippen molar-refractivity contribution in [2.24, 2.45) is 5.92 Å². The summed E-state index contributed by atoms with van der Waals surface area (Å²) in [6.07, 6.45) is -1.12. The van der Waals surface area contributed by atoms with Crippen LogP contribution in [0.15, 0.2) is 120 Å². The van der Waals surface area contributed by atoms with Crippen molar-refractivity contribution >= 4 is 13.6 Å². The molecular formula is C40H41FN3O7P. The molecule has 2 aliphatic rings. The normalized spacial score (nSPS) is 24.1. The highest BCUT2D eigenvalue weighted by molar-refractivity contribution is 7.49. The summed E-state index contributed by atoms with van der Waals surface area (Å²) >= 11 is 0. The highest BCUT2D eigenvalue weighted by Crippen LogP contribution is 2.57. The van der Waals surface area contributed by atoms with Crippen LogP contribution < -0.4 is 20.3 Å². The van der Waals surface area contributed by atoms with Gasteiger partial charge in [0.25, 0.3) is 0 Å². The molecule has 1 fully saturated rings. The standard InChI is InChI=1S/C40H41FN3O7P/c1-5-39(26-49-52(46)48-25-29-14-12-13-27(2)36(29)51-52)28(3)35(41)37(50-39)44-24-23-34(42-38(44)45)43-40(30-15-8-6-9-16-30,31-17-10-7-11-18-31)32-19-21-33(47-4)22-20-32/h6-24,28,35,37H,5,25-26H2,1-4H3,(H,42,43,45)/t28-,35+,37+,39+,52?/m0/s1. The molecule has 5 aromatic rings. The number of nitrogens with zero attached hydrogens (tertiary/aromatic N) is 2. The summed E-state index contributed by atoms with van der Waals surface area (Å²) in [5.41, 5.74) is 1.33. The van der Waals surface area contributed by atoms with Gasteiger partial charge in [0.15, 0.2) is 12.4 Å². The molecule has 0 radical (unpaired) electrons. The number of hydrogen-bond acceptors (Lipinski definition) is 9. The molecule has 5 atom stereocenters. The van der Waals surface area contributed by atoms with Crippen LogP contribution in [0, 0.1) is 12.8 Å². The largest absolute Gasteiger partial charge is 0.530 e. The number of phosphoric acid groups is 1. The van der Waals surface area contributed by atoms with Crippen LogP contribution in [0.1, 0.15) is 54.3 Å². The van der Waals surface area contributed by atoms with Crippen molar-refractivity contribution in [2.45, 2.75) is 57.3 Å². The maximum absolute atomic E-state index is 16.2. The predicted molar refractivity (Wildman–Crippen MR) is 195 cm³/mol. The van der Waals surface area contributed by atoms with E-state index < -0.39 is 43.0 Å². The van der Waals surface area contributed by atoms with Gasteiger partial charge in [0.1, 0.15) is 28.5 Å². The van der Waals surface area contributed by atoms with E-state index in [0.29, 0.717) is 17.9 Å². The number of hydrogen-bond donors (Lipinski definition) is 1. The summed E-state index contributed by atoms with van der Waals surface area (Å²) in [6.45, 7) is 5.13. The number of ether oxygens (including phenoxy) is 2. The predicted octanol–water partition coefficient (Wildman–Crippen LogP) is 8.35. The van der Waals surface area contributed by atoms with Crippen LogP contribution in [0.3, 0.4) is 0 Å². The summed E-state index contributed by atoms with van der Waals surface area (Å²) in [6, 6.07) is 34.6. The third-order valence-corrected chi connectivity index (χ3v) is 11.5. The van der Waals surface area contributed by atoms with Crippen LogP contribution in [0.2, 0.25) is 0 Å². The Morgan fingerprint density at radius 3 is 2.23 bits per heavy atom. The molecule has 12 heteroatoms. The minimum atomic E-state index is -4.03. The molecule has 52 heavy (non-hydrogen) atoms. The van der Waals surface area contributed by atoms with E-state index in [9.17, 15) is 9.36 Å². The van der Waals surface area contributed by atoms with E-state index in [1.165, 1.54) is 6.20 Å². The van der Waals surface area contributed by atoms with Crippen molar-refractivity contribution < 1.29 is 32.0 Å². The average molecular weight is 726 g/mol. The molecule has 1 N–H and O–H groups in total. The molecule has 1 saturated heterocycles. The lowest BCUT2D eigenvalue weighted by Crippen LogP contribution is -2.40. The number of nitrogens with one attached hydrogen (secondary N) is 1. The second-order valence-electron chi connectivity index (χ2n) is 13.1. The number of alkyl halides is 1. The van der Waals surface area contributed by atoms with Gasteiger partial charge in [0, 0.05) is 17.7 Å². The third kappa shape index (κ3) is 6.43. The molecule has 1 unspecified atom stereocenters. The van der Waals surface area contributed by atoms with Crippen molar-refractivity contribution in [1.82, 2.24) is 9.55 Å². The van der Waals surface area contributed by atoms with E-state index in [2.05, 4.69) is 10.3 Å². The molecule has 3 heterocycles. The van der Waals surface area contributed by atoms with Gasteiger partial charge >= 0.3 is 13.5 Å². The molecule has 2 aliphatic heterocycles. The zero-order chi connectivity index (χ0) is 36.5. The fourth-order valence-corrected chi connectivity index (χ4v) is 8.47. The van der Waals surface area contributed by atoms with Gasteiger partial charge in [-0.3, -0.25) is 13.6 Å². The number of fused-ring (bicyclic) bond motifs is 1. The highest BCUT2D eigenvalue weighted by atomic mass is 31.2. The Balaban J connectivity index is 1.18. The van der Waals surface area contributed by atoms with Gasteiger partial charge < -0.3 is 19.3 Å². The van der Waals surface area contributed by atoms with Crippen molar-refractivity contribution in [3.63, 3.8) is 0 Å². The minimum absolute atomic E-state index is 0.0495. The zero-order valence-corrected chi connectivity index (χ0v) is 30.3. The van der Waals surface area contributed by atoms with E-state index >= 15 is 4.39 Å². The van der Waals surface area contributed by atoms with Gasteiger partial charge in [0.05, 0.1) is 20.3 Å². The van der Waals surface area contributed by atoms with Gasteiger partial charge in [0.2, 0.25) is 0 Å². The first-order valence-corrected chi connectivity index (χ1v) is 18.7. The Bertz CT molecular complexity index is 2090. The molecule has 270 valence electrons. The van der Waals surface area contributed by atoms with Crippen LogP contribution in [-0.2, 0) is 30.5 Å². The Morgan fingerprint density at radius 1 is 0.962 bits per heavy atom. The monoisotopic (exact) mass is 725 g/mol. The Morgan fingerprint density at radius 2 is 1.62 bits per heavy atom. The summed E-state index contributed by atoms with van der Waals surface area (Å²) in [5, 5.41) is 3.58.